The van der Waals surface area contributed by atoms with Gasteiger partial charge in [0.05, 0.1) is 23.6 Å². The highest BCUT2D eigenvalue weighted by atomic mass is 35.5. The minimum absolute atomic E-state index is 0.0405. The smallest absolute Gasteiger partial charge is 0.254 e. The number of halogens is 1. The zero-order valence-electron chi connectivity index (χ0n) is 21.7. The second-order valence-electron chi connectivity index (χ2n) is 10.2. The van der Waals surface area contributed by atoms with Crippen molar-refractivity contribution in [3.63, 3.8) is 0 Å². The van der Waals surface area contributed by atoms with E-state index in [9.17, 15) is 15.2 Å². The Balaban J connectivity index is 1.46. The molecule has 2 aliphatic heterocycles. The number of piperazine rings is 1. The molecule has 1 aromatic heterocycles. The average Bonchev–Trinajstić information content (AvgIpc) is 3.27. The first kappa shape index (κ1) is 25.9. The van der Waals surface area contributed by atoms with Crippen LogP contribution in [0.1, 0.15) is 34.0 Å². The van der Waals surface area contributed by atoms with Gasteiger partial charge >= 0.3 is 0 Å². The molecule has 196 valence electrons. The van der Waals surface area contributed by atoms with Gasteiger partial charge in [-0.1, -0.05) is 18.5 Å². The SMILES string of the molecule is Cc1c(Nc2nccc(-c3cc(C#N)c4c(c3)C(C)(CO)CN4)n2)cc(Cl)cc1C(=O)N1CCN(C)CC1. The van der Waals surface area contributed by atoms with Gasteiger partial charge in [-0.15, -0.1) is 0 Å². The molecule has 1 saturated heterocycles. The molecule has 1 amide bonds. The van der Waals surface area contributed by atoms with E-state index in [0.717, 1.165) is 35.5 Å². The van der Waals surface area contributed by atoms with Gasteiger partial charge in [0.25, 0.3) is 5.91 Å². The van der Waals surface area contributed by atoms with Gasteiger partial charge in [-0.25, -0.2) is 9.97 Å². The number of aliphatic hydroxyl groups excluding tert-OH is 1. The van der Waals surface area contributed by atoms with E-state index in [2.05, 4.69) is 33.6 Å². The number of likely N-dealkylation sites (N-methyl/N-ethyl adjacent to an activating group) is 1. The summed E-state index contributed by atoms with van der Waals surface area (Å²) in [5, 5.41) is 26.7. The Hall–Kier alpha value is -3.71. The molecule has 5 rings (SSSR count). The van der Waals surface area contributed by atoms with Crippen LogP contribution in [0.25, 0.3) is 11.3 Å². The third kappa shape index (κ3) is 4.78. The summed E-state index contributed by atoms with van der Waals surface area (Å²) in [6.45, 7) is 7.37. The van der Waals surface area contributed by atoms with Crippen LogP contribution in [0.15, 0.2) is 36.5 Å². The number of rotatable bonds is 5. The predicted molar refractivity (Wildman–Crippen MR) is 148 cm³/mol. The first-order chi connectivity index (χ1) is 18.2. The number of carbonyl (C=O) groups excluding carboxylic acids is 1. The molecule has 38 heavy (non-hydrogen) atoms. The van der Waals surface area contributed by atoms with Crippen LogP contribution in [0.2, 0.25) is 5.02 Å². The van der Waals surface area contributed by atoms with Crippen molar-refractivity contribution in [3.8, 4) is 17.3 Å². The van der Waals surface area contributed by atoms with Crippen molar-refractivity contribution < 1.29 is 9.90 Å². The summed E-state index contributed by atoms with van der Waals surface area (Å²) in [5.74, 6) is 0.298. The Morgan fingerprint density at radius 3 is 2.74 bits per heavy atom. The van der Waals surface area contributed by atoms with Crippen molar-refractivity contribution in [2.24, 2.45) is 0 Å². The van der Waals surface area contributed by atoms with E-state index in [1.807, 2.05) is 24.8 Å². The zero-order chi connectivity index (χ0) is 27.0. The lowest BCUT2D eigenvalue weighted by molar-refractivity contribution is 0.0663. The second kappa shape index (κ2) is 10.2. The quantitative estimate of drug-likeness (QED) is 0.455. The number of hydrogen-bond donors (Lipinski definition) is 3. The largest absolute Gasteiger partial charge is 0.395 e. The van der Waals surface area contributed by atoms with Crippen LogP contribution in [-0.4, -0.2) is 77.2 Å². The minimum atomic E-state index is -0.490. The van der Waals surface area contributed by atoms with Crippen molar-refractivity contribution in [3.05, 3.63) is 63.8 Å². The van der Waals surface area contributed by atoms with Crippen LogP contribution in [0.5, 0.6) is 0 Å². The van der Waals surface area contributed by atoms with E-state index in [4.69, 9.17) is 16.6 Å². The summed E-state index contributed by atoms with van der Waals surface area (Å²) in [5.41, 5.74) is 5.00. The average molecular weight is 532 g/mol. The summed E-state index contributed by atoms with van der Waals surface area (Å²) in [7, 11) is 2.05. The van der Waals surface area contributed by atoms with Crippen LogP contribution in [-0.2, 0) is 5.41 Å². The lowest BCUT2D eigenvalue weighted by Gasteiger charge is -2.33. The number of carbonyl (C=O) groups is 1. The number of benzene rings is 2. The molecule has 10 heteroatoms. The number of nitrogens with one attached hydrogen (secondary N) is 2. The fourth-order valence-corrected chi connectivity index (χ4v) is 5.19. The molecule has 3 N–H and O–H groups in total. The topological polar surface area (TPSA) is 117 Å². The third-order valence-corrected chi connectivity index (χ3v) is 7.72. The standard InChI is InChI=1S/C28H30ClN7O2/c1-17-21(26(38)36-8-6-35(3)7-9-36)12-20(29)13-24(17)34-27-31-5-4-23(33-27)18-10-19(14-30)25-22(11-18)28(2,16-37)15-32-25/h4-5,10-13,32,37H,6-9,15-16H2,1-3H3,(H,31,33,34). The lowest BCUT2D eigenvalue weighted by Crippen LogP contribution is -2.47. The molecule has 2 aliphatic rings. The Bertz CT molecular complexity index is 1450. The molecular formula is C28H30ClN7O2. The number of nitrogens with zero attached hydrogens (tertiary/aromatic N) is 5. The van der Waals surface area contributed by atoms with Crippen molar-refractivity contribution in [1.82, 2.24) is 19.8 Å². The molecule has 2 aromatic carbocycles. The zero-order valence-corrected chi connectivity index (χ0v) is 22.4. The van der Waals surface area contributed by atoms with Gasteiger partial charge in [0, 0.05) is 66.2 Å². The Morgan fingerprint density at radius 2 is 2.03 bits per heavy atom. The van der Waals surface area contributed by atoms with E-state index >= 15 is 0 Å². The molecule has 3 aromatic rings. The number of amides is 1. The van der Waals surface area contributed by atoms with Crippen LogP contribution >= 0.6 is 11.6 Å². The summed E-state index contributed by atoms with van der Waals surface area (Å²) >= 11 is 6.43. The minimum Gasteiger partial charge on any atom is -0.395 e. The highest BCUT2D eigenvalue weighted by Crippen LogP contribution is 2.41. The van der Waals surface area contributed by atoms with Gasteiger partial charge in [0.1, 0.15) is 6.07 Å². The molecule has 1 fully saturated rings. The molecule has 0 aliphatic carbocycles. The van der Waals surface area contributed by atoms with Gasteiger partial charge in [-0.05, 0) is 55.4 Å². The maximum atomic E-state index is 13.3. The highest BCUT2D eigenvalue weighted by molar-refractivity contribution is 6.31. The van der Waals surface area contributed by atoms with E-state index in [0.29, 0.717) is 53.1 Å². The van der Waals surface area contributed by atoms with Gasteiger partial charge in [0.15, 0.2) is 0 Å². The van der Waals surface area contributed by atoms with E-state index < -0.39 is 5.41 Å². The van der Waals surface area contributed by atoms with Gasteiger partial charge in [-0.2, -0.15) is 5.26 Å². The molecule has 1 atom stereocenters. The monoisotopic (exact) mass is 531 g/mol. The first-order valence-corrected chi connectivity index (χ1v) is 12.9. The summed E-state index contributed by atoms with van der Waals surface area (Å²) in [6.07, 6.45) is 1.64. The van der Waals surface area contributed by atoms with Gasteiger partial charge in [-0.3, -0.25) is 4.79 Å². The number of aromatic nitrogens is 2. The summed E-state index contributed by atoms with van der Waals surface area (Å²) < 4.78 is 0. The first-order valence-electron chi connectivity index (χ1n) is 12.5. The third-order valence-electron chi connectivity index (χ3n) is 7.50. The summed E-state index contributed by atoms with van der Waals surface area (Å²) in [4.78, 5) is 26.4. The fraction of sp³-hybridized carbons (Fsp3) is 0.357. The molecule has 3 heterocycles. The van der Waals surface area contributed by atoms with Crippen LogP contribution in [0.4, 0.5) is 17.3 Å². The van der Waals surface area contributed by atoms with Gasteiger partial charge in [0.2, 0.25) is 5.95 Å². The number of nitriles is 1. The van der Waals surface area contributed by atoms with E-state index in [1.54, 1.807) is 30.5 Å². The Morgan fingerprint density at radius 1 is 1.26 bits per heavy atom. The molecule has 9 nitrogen and oxygen atoms in total. The van der Waals surface area contributed by atoms with Crippen LogP contribution in [0, 0.1) is 18.3 Å². The van der Waals surface area contributed by atoms with Crippen LogP contribution in [0.3, 0.4) is 0 Å². The number of anilines is 3. The highest BCUT2D eigenvalue weighted by Gasteiger charge is 2.36. The van der Waals surface area contributed by atoms with E-state index in [1.165, 1.54) is 0 Å². The van der Waals surface area contributed by atoms with Gasteiger partial charge < -0.3 is 25.5 Å². The van der Waals surface area contributed by atoms with Crippen molar-refractivity contribution in [2.45, 2.75) is 19.3 Å². The second-order valence-corrected chi connectivity index (χ2v) is 10.7. The van der Waals surface area contributed by atoms with Crippen molar-refractivity contribution in [2.75, 3.05) is 57.0 Å². The molecule has 0 saturated carbocycles. The maximum Gasteiger partial charge on any atom is 0.254 e. The van der Waals surface area contributed by atoms with Crippen LogP contribution < -0.4 is 10.6 Å². The van der Waals surface area contributed by atoms with Crippen molar-refractivity contribution >= 4 is 34.8 Å². The fourth-order valence-electron chi connectivity index (χ4n) is 4.98. The molecular weight excluding hydrogens is 502 g/mol. The number of aliphatic hydroxyl groups is 1. The molecule has 0 radical (unpaired) electrons. The summed E-state index contributed by atoms with van der Waals surface area (Å²) in [6, 6.07) is 11.3. The molecule has 0 bridgehead atoms. The number of hydrogen-bond acceptors (Lipinski definition) is 8. The maximum absolute atomic E-state index is 13.3. The lowest BCUT2D eigenvalue weighted by atomic mass is 9.83. The predicted octanol–water partition coefficient (Wildman–Crippen LogP) is 3.78. The normalized spacial score (nSPS) is 19.0. The van der Waals surface area contributed by atoms with E-state index in [-0.39, 0.29) is 12.5 Å². The molecule has 1 unspecified atom stereocenters. The Kier molecular flexibility index (Phi) is 6.97. The molecule has 0 spiro atoms. The Labute approximate surface area is 227 Å². The number of fused-ring (bicyclic) bond motifs is 1. The van der Waals surface area contributed by atoms with Crippen molar-refractivity contribution in [1.29, 1.82) is 5.26 Å².